The minimum Gasteiger partial charge on any atom is -0.435 e. The molecule has 1 aromatic rings. The van der Waals surface area contributed by atoms with Crippen LogP contribution in [0.25, 0.3) is 0 Å². The van der Waals surface area contributed by atoms with Crippen LogP contribution in [0.15, 0.2) is 18.2 Å². The predicted octanol–water partition coefficient (Wildman–Crippen LogP) is 2.49. The first kappa shape index (κ1) is 17.1. The fourth-order valence-corrected chi connectivity index (χ4v) is 2.10. The number of halogens is 4. The van der Waals surface area contributed by atoms with Crippen molar-refractivity contribution >= 4 is 11.7 Å². The van der Waals surface area contributed by atoms with Crippen molar-refractivity contribution in [1.29, 1.82) is 0 Å². The Morgan fingerprint density at radius 1 is 1.26 bits per heavy atom. The molecule has 1 fully saturated rings. The van der Waals surface area contributed by atoms with Gasteiger partial charge in [0, 0.05) is 19.2 Å². The number of β-amino-alcohol motifs (C(OH)–C–C–N with tert-alkyl or cyclic N) is 1. The molecule has 0 aromatic heterocycles. The van der Waals surface area contributed by atoms with E-state index in [1.54, 1.807) is 0 Å². The van der Waals surface area contributed by atoms with Gasteiger partial charge in [-0.15, -0.1) is 0 Å². The average Bonchev–Trinajstić information content (AvgIpc) is 2.87. The Hall–Kier alpha value is -2.23. The summed E-state index contributed by atoms with van der Waals surface area (Å²) in [5.41, 5.74) is -0.127. The van der Waals surface area contributed by atoms with Crippen molar-refractivity contribution in [3.05, 3.63) is 18.2 Å². The number of nitrogens with zero attached hydrogens (tertiary/aromatic N) is 1. The van der Waals surface area contributed by atoms with E-state index in [9.17, 15) is 27.5 Å². The molecule has 0 bridgehead atoms. The quantitative estimate of drug-likeness (QED) is 0.809. The van der Waals surface area contributed by atoms with E-state index in [4.69, 9.17) is 0 Å². The lowest BCUT2D eigenvalue weighted by Gasteiger charge is -2.18. The second kappa shape index (κ2) is 7.36. The normalized spacial score (nSPS) is 17.7. The van der Waals surface area contributed by atoms with Gasteiger partial charge in [-0.1, -0.05) is 0 Å². The van der Waals surface area contributed by atoms with Gasteiger partial charge in [-0.05, 0) is 18.6 Å². The van der Waals surface area contributed by atoms with Crippen LogP contribution in [0.1, 0.15) is 6.42 Å². The number of nitrogens with one attached hydrogen (secondary N) is 1. The lowest BCUT2D eigenvalue weighted by molar-refractivity contribution is -0.0539. The van der Waals surface area contributed by atoms with Crippen LogP contribution in [0.5, 0.6) is 11.5 Å². The summed E-state index contributed by atoms with van der Waals surface area (Å²) in [5, 5.41) is 11.7. The van der Waals surface area contributed by atoms with E-state index in [1.807, 2.05) is 0 Å². The smallest absolute Gasteiger partial charge is 0.387 e. The summed E-state index contributed by atoms with van der Waals surface area (Å²) in [6, 6.07) is 2.40. The molecule has 2 rings (SSSR count). The van der Waals surface area contributed by atoms with E-state index in [0.717, 1.165) is 18.2 Å². The summed E-state index contributed by atoms with van der Waals surface area (Å²) in [6.07, 6.45) is -0.228. The molecule has 0 saturated carbocycles. The second-order valence-electron chi connectivity index (χ2n) is 4.73. The zero-order valence-corrected chi connectivity index (χ0v) is 11.7. The number of carbonyl (C=O) groups is 1. The van der Waals surface area contributed by atoms with Crippen molar-refractivity contribution in [2.75, 3.05) is 18.4 Å². The molecule has 0 radical (unpaired) electrons. The molecule has 128 valence electrons. The molecule has 1 atom stereocenters. The van der Waals surface area contributed by atoms with Gasteiger partial charge >= 0.3 is 19.3 Å². The van der Waals surface area contributed by atoms with Gasteiger partial charge in [0.05, 0.1) is 11.8 Å². The fourth-order valence-electron chi connectivity index (χ4n) is 2.10. The Balaban J connectivity index is 2.14. The number of ether oxygens (including phenoxy) is 2. The van der Waals surface area contributed by atoms with Crippen LogP contribution in [0.4, 0.5) is 28.0 Å². The van der Waals surface area contributed by atoms with Crippen molar-refractivity contribution < 1.29 is 36.9 Å². The molecule has 1 heterocycles. The number of likely N-dealkylation sites (tertiary alicyclic amines) is 1. The number of carbonyl (C=O) groups excluding carboxylic acids is 1. The Morgan fingerprint density at radius 2 is 1.96 bits per heavy atom. The number of hydrogen-bond acceptors (Lipinski definition) is 4. The van der Waals surface area contributed by atoms with Gasteiger partial charge in [0.25, 0.3) is 0 Å². The molecule has 1 saturated heterocycles. The number of aliphatic hydroxyl groups excluding tert-OH is 1. The Labute approximate surface area is 128 Å². The van der Waals surface area contributed by atoms with Crippen molar-refractivity contribution in [2.24, 2.45) is 0 Å². The lowest BCUT2D eigenvalue weighted by atomic mass is 10.2. The van der Waals surface area contributed by atoms with Crippen molar-refractivity contribution in [1.82, 2.24) is 4.90 Å². The lowest BCUT2D eigenvalue weighted by Crippen LogP contribution is -2.33. The molecule has 6 nitrogen and oxygen atoms in total. The Morgan fingerprint density at radius 3 is 2.52 bits per heavy atom. The maximum atomic E-state index is 12.4. The number of aliphatic hydroxyl groups is 1. The molecular formula is C13H14F4N2O4. The van der Waals surface area contributed by atoms with E-state index in [-0.39, 0.29) is 18.0 Å². The fraction of sp³-hybridized carbons (Fsp3) is 0.462. The largest absolute Gasteiger partial charge is 0.435 e. The maximum absolute atomic E-state index is 12.4. The number of anilines is 1. The number of benzene rings is 1. The van der Waals surface area contributed by atoms with Gasteiger partial charge in [0.15, 0.2) is 5.75 Å². The van der Waals surface area contributed by atoms with Gasteiger partial charge < -0.3 is 24.8 Å². The van der Waals surface area contributed by atoms with Crippen molar-refractivity contribution in [3.8, 4) is 11.5 Å². The summed E-state index contributed by atoms with van der Waals surface area (Å²) in [6.45, 7) is -5.91. The first-order valence-electron chi connectivity index (χ1n) is 6.63. The van der Waals surface area contributed by atoms with Crippen molar-refractivity contribution in [3.63, 3.8) is 0 Å². The standard InChI is InChI=1S/C13H14F4N2O4/c14-11(15)22-8-1-2-9(10(5-8)23-12(16)17)18-13(21)19-4-3-7(20)6-19/h1-2,5,7,11-12,20H,3-4,6H2,(H,18,21)/t7-/m0/s1. The molecule has 2 amide bonds. The van der Waals surface area contributed by atoms with Crippen LogP contribution in [0.3, 0.4) is 0 Å². The molecule has 0 unspecified atom stereocenters. The van der Waals surface area contributed by atoms with Crippen molar-refractivity contribution in [2.45, 2.75) is 25.7 Å². The Kier molecular flexibility index (Phi) is 5.48. The topological polar surface area (TPSA) is 71.0 Å². The number of amides is 2. The van der Waals surface area contributed by atoms with Gasteiger partial charge in [-0.3, -0.25) is 0 Å². The Bertz CT molecular complexity index is 559. The molecule has 2 N–H and O–H groups in total. The number of alkyl halides is 4. The second-order valence-corrected chi connectivity index (χ2v) is 4.73. The summed E-state index contributed by atoms with van der Waals surface area (Å²) in [4.78, 5) is 13.3. The minimum absolute atomic E-state index is 0.115. The van der Waals surface area contributed by atoms with E-state index < -0.39 is 31.1 Å². The van der Waals surface area contributed by atoms with Crippen LogP contribution in [0.2, 0.25) is 0 Å². The van der Waals surface area contributed by atoms with Gasteiger partial charge in [0.1, 0.15) is 5.75 Å². The van der Waals surface area contributed by atoms with Crippen LogP contribution in [-0.4, -0.2) is 48.5 Å². The molecule has 1 aromatic carbocycles. The molecule has 23 heavy (non-hydrogen) atoms. The van der Waals surface area contributed by atoms with E-state index in [1.165, 1.54) is 4.90 Å². The third kappa shape index (κ3) is 4.88. The van der Waals surface area contributed by atoms with Crippen LogP contribution < -0.4 is 14.8 Å². The predicted molar refractivity (Wildman–Crippen MR) is 70.9 cm³/mol. The highest BCUT2D eigenvalue weighted by atomic mass is 19.3. The maximum Gasteiger partial charge on any atom is 0.387 e. The highest BCUT2D eigenvalue weighted by Crippen LogP contribution is 2.32. The number of rotatable bonds is 5. The molecule has 1 aliphatic rings. The first-order valence-corrected chi connectivity index (χ1v) is 6.63. The summed E-state index contributed by atoms with van der Waals surface area (Å²) >= 11 is 0. The third-order valence-corrected chi connectivity index (χ3v) is 3.09. The highest BCUT2D eigenvalue weighted by molar-refractivity contribution is 5.91. The highest BCUT2D eigenvalue weighted by Gasteiger charge is 2.25. The number of urea groups is 1. The zero-order valence-electron chi connectivity index (χ0n) is 11.7. The summed E-state index contributed by atoms with van der Waals surface area (Å²) in [7, 11) is 0. The molecule has 1 aliphatic heterocycles. The minimum atomic E-state index is -3.21. The zero-order chi connectivity index (χ0) is 17.0. The van der Waals surface area contributed by atoms with Crippen LogP contribution in [0, 0.1) is 0 Å². The van der Waals surface area contributed by atoms with Gasteiger partial charge in [-0.2, -0.15) is 17.6 Å². The summed E-state index contributed by atoms with van der Waals surface area (Å²) in [5.74, 6) is -0.892. The van der Waals surface area contributed by atoms with Gasteiger partial charge in [-0.25, -0.2) is 4.79 Å². The molecule has 10 heteroatoms. The number of hydrogen-bond donors (Lipinski definition) is 2. The molecular weight excluding hydrogens is 324 g/mol. The van der Waals surface area contributed by atoms with Crippen LogP contribution >= 0.6 is 0 Å². The third-order valence-electron chi connectivity index (χ3n) is 3.09. The van der Waals surface area contributed by atoms with Gasteiger partial charge in [0.2, 0.25) is 0 Å². The summed E-state index contributed by atoms with van der Waals surface area (Å²) < 4.78 is 57.5. The average molecular weight is 338 g/mol. The molecule has 0 aliphatic carbocycles. The first-order chi connectivity index (χ1) is 10.8. The SMILES string of the molecule is O=C(Nc1ccc(OC(F)F)cc1OC(F)F)N1CC[C@H](O)C1. The van der Waals surface area contributed by atoms with E-state index in [2.05, 4.69) is 14.8 Å². The molecule has 0 spiro atoms. The van der Waals surface area contributed by atoms with Crippen LogP contribution in [-0.2, 0) is 0 Å². The van der Waals surface area contributed by atoms with E-state index >= 15 is 0 Å². The monoisotopic (exact) mass is 338 g/mol. The van der Waals surface area contributed by atoms with E-state index in [0.29, 0.717) is 13.0 Å².